The minimum atomic E-state index is -0.992. The number of nitrogens with zero attached hydrogens (tertiary/aromatic N) is 1. The van der Waals surface area contributed by atoms with Gasteiger partial charge in [0.05, 0.1) is 12.3 Å². The molecule has 7 heteroatoms. The zero-order valence-electron chi connectivity index (χ0n) is 13.9. The summed E-state index contributed by atoms with van der Waals surface area (Å²) in [4.78, 5) is 37.4. The molecule has 1 aliphatic rings. The fraction of sp³-hybridized carbons (Fsp3) is 0.105. The largest absolute Gasteiger partial charge is 0.494 e. The number of nitrogens with one attached hydrogen (secondary N) is 1. The summed E-state index contributed by atoms with van der Waals surface area (Å²) in [5.41, 5.74) is 0.0758. The van der Waals surface area contributed by atoms with Gasteiger partial charge < -0.3 is 4.74 Å². The number of hydrogen-bond acceptors (Lipinski definition) is 4. The molecule has 1 aliphatic heterocycles. The normalized spacial score (nSPS) is 16.0. The van der Waals surface area contributed by atoms with Crippen molar-refractivity contribution in [3.8, 4) is 5.75 Å². The Morgan fingerprint density at radius 3 is 2.42 bits per heavy atom. The minimum Gasteiger partial charge on any atom is -0.494 e. The van der Waals surface area contributed by atoms with Crippen LogP contribution in [0, 0.1) is 5.82 Å². The lowest BCUT2D eigenvalue weighted by molar-refractivity contribution is -0.122. The predicted molar refractivity (Wildman–Crippen MR) is 93.0 cm³/mol. The standard InChI is InChI=1S/C19H15FN2O4/c1-2-26-13-9-7-12(8-10-13)11-14-17(23)21-19(25)22(18(14)24)16-6-4-3-5-15(16)20/h3-11H,2H2,1H3,(H,21,23,25)/b14-11+. The molecule has 0 spiro atoms. The third kappa shape index (κ3) is 3.32. The summed E-state index contributed by atoms with van der Waals surface area (Å²) in [5.74, 6) is -1.82. The van der Waals surface area contributed by atoms with Crippen LogP contribution in [-0.4, -0.2) is 24.5 Å². The lowest BCUT2D eigenvalue weighted by atomic mass is 10.1. The van der Waals surface area contributed by atoms with Gasteiger partial charge >= 0.3 is 6.03 Å². The van der Waals surface area contributed by atoms with Gasteiger partial charge in [0.1, 0.15) is 17.1 Å². The number of para-hydroxylation sites is 1. The Hall–Kier alpha value is -3.48. The van der Waals surface area contributed by atoms with Crippen molar-refractivity contribution in [1.29, 1.82) is 0 Å². The summed E-state index contributed by atoms with van der Waals surface area (Å²) >= 11 is 0. The van der Waals surface area contributed by atoms with Gasteiger partial charge in [0.25, 0.3) is 11.8 Å². The van der Waals surface area contributed by atoms with Crippen molar-refractivity contribution in [3.63, 3.8) is 0 Å². The Morgan fingerprint density at radius 2 is 1.77 bits per heavy atom. The van der Waals surface area contributed by atoms with Gasteiger partial charge in [-0.1, -0.05) is 24.3 Å². The van der Waals surface area contributed by atoms with E-state index in [2.05, 4.69) is 5.32 Å². The van der Waals surface area contributed by atoms with Gasteiger partial charge in [0.2, 0.25) is 0 Å². The number of carbonyl (C=O) groups excluding carboxylic acids is 3. The Kier molecular flexibility index (Phi) is 4.79. The monoisotopic (exact) mass is 354 g/mol. The van der Waals surface area contributed by atoms with Crippen molar-refractivity contribution in [2.75, 3.05) is 11.5 Å². The molecular weight excluding hydrogens is 339 g/mol. The summed E-state index contributed by atoms with van der Waals surface area (Å²) in [6, 6.07) is 11.1. The van der Waals surface area contributed by atoms with Crippen LogP contribution >= 0.6 is 0 Å². The Labute approximate surface area is 148 Å². The van der Waals surface area contributed by atoms with E-state index in [0.29, 0.717) is 22.8 Å². The van der Waals surface area contributed by atoms with Crippen LogP contribution in [0.1, 0.15) is 12.5 Å². The number of carbonyl (C=O) groups is 3. The molecule has 0 bridgehead atoms. The van der Waals surface area contributed by atoms with Crippen LogP contribution in [0.5, 0.6) is 5.75 Å². The summed E-state index contributed by atoms with van der Waals surface area (Å²) in [6.45, 7) is 2.37. The first-order chi connectivity index (χ1) is 12.5. The summed E-state index contributed by atoms with van der Waals surface area (Å²) in [6.07, 6.45) is 1.34. The molecule has 0 aliphatic carbocycles. The minimum absolute atomic E-state index is 0.222. The number of benzene rings is 2. The van der Waals surface area contributed by atoms with Crippen LogP contribution in [0.25, 0.3) is 6.08 Å². The maximum Gasteiger partial charge on any atom is 0.336 e. The molecule has 0 saturated carbocycles. The van der Waals surface area contributed by atoms with Crippen molar-refractivity contribution < 1.29 is 23.5 Å². The van der Waals surface area contributed by atoms with Crippen molar-refractivity contribution in [2.24, 2.45) is 0 Å². The number of barbiturate groups is 1. The van der Waals surface area contributed by atoms with E-state index in [9.17, 15) is 18.8 Å². The van der Waals surface area contributed by atoms with E-state index in [1.807, 2.05) is 6.92 Å². The fourth-order valence-electron chi connectivity index (χ4n) is 2.50. The van der Waals surface area contributed by atoms with E-state index >= 15 is 0 Å². The highest BCUT2D eigenvalue weighted by Crippen LogP contribution is 2.24. The maximum atomic E-state index is 14.0. The van der Waals surface area contributed by atoms with E-state index < -0.39 is 23.7 Å². The molecule has 2 aromatic carbocycles. The Balaban J connectivity index is 1.96. The summed E-state index contributed by atoms with van der Waals surface area (Å²) in [7, 11) is 0. The number of rotatable bonds is 4. The number of anilines is 1. The summed E-state index contributed by atoms with van der Waals surface area (Å²) < 4.78 is 19.3. The zero-order chi connectivity index (χ0) is 18.7. The van der Waals surface area contributed by atoms with E-state index in [1.54, 1.807) is 24.3 Å². The second-order valence-corrected chi connectivity index (χ2v) is 5.41. The molecular formula is C19H15FN2O4. The molecule has 1 N–H and O–H groups in total. The summed E-state index contributed by atoms with van der Waals surface area (Å²) in [5, 5.41) is 2.06. The number of hydrogen-bond donors (Lipinski definition) is 1. The topological polar surface area (TPSA) is 75.7 Å². The molecule has 6 nitrogen and oxygen atoms in total. The Bertz CT molecular complexity index is 906. The average Bonchev–Trinajstić information content (AvgIpc) is 2.62. The molecule has 1 heterocycles. The third-order valence-corrected chi connectivity index (χ3v) is 3.70. The smallest absolute Gasteiger partial charge is 0.336 e. The number of ether oxygens (including phenoxy) is 1. The van der Waals surface area contributed by atoms with Crippen LogP contribution in [0.3, 0.4) is 0 Å². The first-order valence-electron chi connectivity index (χ1n) is 7.90. The van der Waals surface area contributed by atoms with E-state index in [-0.39, 0.29) is 11.3 Å². The maximum absolute atomic E-state index is 14.0. The molecule has 0 aromatic heterocycles. The quantitative estimate of drug-likeness (QED) is 0.677. The predicted octanol–water partition coefficient (Wildman–Crippen LogP) is 2.89. The highest BCUT2D eigenvalue weighted by molar-refractivity contribution is 6.39. The van der Waals surface area contributed by atoms with Gasteiger partial charge in [0, 0.05) is 0 Å². The molecule has 0 unspecified atom stereocenters. The molecule has 4 amide bonds. The second kappa shape index (κ2) is 7.18. The van der Waals surface area contributed by atoms with Gasteiger partial charge in [-0.15, -0.1) is 0 Å². The van der Waals surface area contributed by atoms with Crippen molar-refractivity contribution in [1.82, 2.24) is 5.32 Å². The molecule has 3 rings (SSSR count). The van der Waals surface area contributed by atoms with Crippen LogP contribution in [0.15, 0.2) is 54.1 Å². The number of halogens is 1. The molecule has 26 heavy (non-hydrogen) atoms. The third-order valence-electron chi connectivity index (χ3n) is 3.70. The van der Waals surface area contributed by atoms with E-state index in [0.717, 1.165) is 6.07 Å². The Morgan fingerprint density at radius 1 is 1.08 bits per heavy atom. The van der Waals surface area contributed by atoms with Gasteiger partial charge in [-0.25, -0.2) is 14.1 Å². The van der Waals surface area contributed by atoms with Gasteiger partial charge in [-0.05, 0) is 42.8 Å². The lowest BCUT2D eigenvalue weighted by Gasteiger charge is -2.26. The number of urea groups is 1. The number of amides is 4. The van der Waals surface area contributed by atoms with Gasteiger partial charge in [0.15, 0.2) is 0 Å². The van der Waals surface area contributed by atoms with E-state index in [1.165, 1.54) is 24.3 Å². The highest BCUT2D eigenvalue weighted by Gasteiger charge is 2.37. The van der Waals surface area contributed by atoms with Crippen LogP contribution in [0.2, 0.25) is 0 Å². The number of imide groups is 2. The average molecular weight is 354 g/mol. The van der Waals surface area contributed by atoms with Crippen LogP contribution < -0.4 is 15.0 Å². The van der Waals surface area contributed by atoms with Crippen LogP contribution in [-0.2, 0) is 9.59 Å². The van der Waals surface area contributed by atoms with Crippen molar-refractivity contribution in [2.45, 2.75) is 6.92 Å². The zero-order valence-corrected chi connectivity index (χ0v) is 13.9. The SMILES string of the molecule is CCOc1ccc(/C=C2\C(=O)NC(=O)N(c3ccccc3F)C2=O)cc1. The second-order valence-electron chi connectivity index (χ2n) is 5.41. The fourth-order valence-corrected chi connectivity index (χ4v) is 2.50. The first-order valence-corrected chi connectivity index (χ1v) is 7.90. The van der Waals surface area contributed by atoms with Crippen LogP contribution in [0.4, 0.5) is 14.9 Å². The van der Waals surface area contributed by atoms with E-state index in [4.69, 9.17) is 4.74 Å². The lowest BCUT2D eigenvalue weighted by Crippen LogP contribution is -2.54. The van der Waals surface area contributed by atoms with Gasteiger partial charge in [-0.3, -0.25) is 14.9 Å². The highest BCUT2D eigenvalue weighted by atomic mass is 19.1. The molecule has 1 saturated heterocycles. The van der Waals surface area contributed by atoms with Crippen molar-refractivity contribution >= 4 is 29.6 Å². The molecule has 0 radical (unpaired) electrons. The molecule has 132 valence electrons. The first kappa shape index (κ1) is 17.3. The molecule has 0 atom stereocenters. The van der Waals surface area contributed by atoms with Crippen molar-refractivity contribution in [3.05, 3.63) is 65.5 Å². The van der Waals surface area contributed by atoms with Gasteiger partial charge in [-0.2, -0.15) is 0 Å². The molecule has 1 fully saturated rings. The molecule has 2 aromatic rings.